The Morgan fingerprint density at radius 3 is 2.29 bits per heavy atom. The highest BCUT2D eigenvalue weighted by Crippen LogP contribution is 2.43. The van der Waals surface area contributed by atoms with Crippen LogP contribution in [-0.2, 0) is 9.59 Å². The SMILES string of the molecule is CC(C)C[C@H]1[NH2+][C@@H](c2ccc(Cl)c(Cl)c2)[C@H]2C(=O)N(c3ccccc3)C(=O)[C@@H]21. The fourth-order valence-electron chi connectivity index (χ4n) is 4.69. The maximum absolute atomic E-state index is 13.4. The molecule has 28 heavy (non-hydrogen) atoms. The Hall–Kier alpha value is -1.88. The molecule has 4 nitrogen and oxygen atoms in total. The molecule has 2 aromatic rings. The van der Waals surface area contributed by atoms with Crippen LogP contribution in [0.15, 0.2) is 48.5 Å². The van der Waals surface area contributed by atoms with Crippen molar-refractivity contribution in [2.75, 3.05) is 4.90 Å². The summed E-state index contributed by atoms with van der Waals surface area (Å²) in [5, 5.41) is 3.14. The van der Waals surface area contributed by atoms with Crippen LogP contribution < -0.4 is 10.2 Å². The number of imide groups is 1. The first-order chi connectivity index (χ1) is 13.4. The summed E-state index contributed by atoms with van der Waals surface area (Å²) in [6.45, 7) is 4.29. The van der Waals surface area contributed by atoms with Gasteiger partial charge in [-0.05, 0) is 30.2 Å². The van der Waals surface area contributed by atoms with Gasteiger partial charge in [0.25, 0.3) is 0 Å². The number of benzene rings is 2. The zero-order valence-corrected chi connectivity index (χ0v) is 17.3. The lowest BCUT2D eigenvalue weighted by molar-refractivity contribution is -0.712. The van der Waals surface area contributed by atoms with Crippen LogP contribution in [0.1, 0.15) is 31.9 Å². The number of amides is 2. The number of nitrogens with zero attached hydrogens (tertiary/aromatic N) is 1. The predicted molar refractivity (Wildman–Crippen MR) is 110 cm³/mol. The van der Waals surface area contributed by atoms with Crippen molar-refractivity contribution in [2.45, 2.75) is 32.4 Å². The van der Waals surface area contributed by atoms with E-state index in [1.807, 2.05) is 42.5 Å². The van der Waals surface area contributed by atoms with Crippen molar-refractivity contribution in [2.24, 2.45) is 17.8 Å². The van der Waals surface area contributed by atoms with Gasteiger partial charge >= 0.3 is 0 Å². The normalized spacial score (nSPS) is 27.0. The molecule has 2 aromatic carbocycles. The van der Waals surface area contributed by atoms with Crippen LogP contribution in [-0.4, -0.2) is 17.9 Å². The molecule has 0 aromatic heterocycles. The molecule has 2 heterocycles. The summed E-state index contributed by atoms with van der Waals surface area (Å²) in [5.74, 6) is -0.503. The van der Waals surface area contributed by atoms with Gasteiger partial charge in [0.15, 0.2) is 0 Å². The lowest BCUT2D eigenvalue weighted by Crippen LogP contribution is -2.89. The van der Waals surface area contributed by atoms with Gasteiger partial charge in [-0.1, -0.05) is 61.3 Å². The zero-order chi connectivity index (χ0) is 20.0. The maximum Gasteiger partial charge on any atom is 0.244 e. The molecule has 0 radical (unpaired) electrons. The smallest absolute Gasteiger partial charge is 0.244 e. The largest absolute Gasteiger partial charge is 0.336 e. The van der Waals surface area contributed by atoms with Gasteiger partial charge in [0.1, 0.15) is 17.9 Å². The lowest BCUT2D eigenvalue weighted by atomic mass is 9.84. The first kappa shape index (κ1) is 19.4. The topological polar surface area (TPSA) is 54.0 Å². The second kappa shape index (κ2) is 7.51. The molecule has 2 saturated heterocycles. The van der Waals surface area contributed by atoms with Crippen molar-refractivity contribution in [3.05, 3.63) is 64.1 Å². The van der Waals surface area contributed by atoms with Crippen LogP contribution in [0.2, 0.25) is 10.0 Å². The van der Waals surface area contributed by atoms with Crippen molar-refractivity contribution in [1.82, 2.24) is 0 Å². The van der Waals surface area contributed by atoms with E-state index in [9.17, 15) is 9.59 Å². The van der Waals surface area contributed by atoms with E-state index in [1.54, 1.807) is 6.07 Å². The van der Waals surface area contributed by atoms with Crippen molar-refractivity contribution < 1.29 is 14.9 Å². The molecule has 0 unspecified atom stereocenters. The number of hydrogen-bond acceptors (Lipinski definition) is 2. The molecule has 2 aliphatic rings. The highest BCUT2D eigenvalue weighted by Gasteiger charge is 2.62. The van der Waals surface area contributed by atoms with Gasteiger partial charge in [-0.25, -0.2) is 4.90 Å². The summed E-state index contributed by atoms with van der Waals surface area (Å²) >= 11 is 12.3. The number of rotatable bonds is 4. The quantitative estimate of drug-likeness (QED) is 0.768. The minimum atomic E-state index is -0.395. The average Bonchev–Trinajstić information content (AvgIpc) is 3.15. The lowest BCUT2D eigenvalue weighted by Gasteiger charge is -2.21. The monoisotopic (exact) mass is 417 g/mol. The Morgan fingerprint density at radius 2 is 1.64 bits per heavy atom. The standard InChI is InChI=1S/C22H22Cl2N2O2/c1-12(2)10-17-18-19(20(25-17)13-8-9-15(23)16(24)11-13)22(28)26(21(18)27)14-6-4-3-5-7-14/h3-9,11-12,17-20,25H,10H2,1-2H3/p+1/t17-,18-,19+,20+/m1/s1. The molecular weight excluding hydrogens is 395 g/mol. The van der Waals surface area contributed by atoms with E-state index in [4.69, 9.17) is 23.2 Å². The third kappa shape index (κ3) is 3.24. The van der Waals surface area contributed by atoms with Crippen molar-refractivity contribution >= 4 is 40.7 Å². The number of para-hydroxylation sites is 1. The zero-order valence-electron chi connectivity index (χ0n) is 15.8. The van der Waals surface area contributed by atoms with Gasteiger partial charge in [-0.3, -0.25) is 9.59 Å². The van der Waals surface area contributed by atoms with Gasteiger partial charge in [0, 0.05) is 12.0 Å². The summed E-state index contributed by atoms with van der Waals surface area (Å²) in [7, 11) is 0. The number of halogens is 2. The molecule has 2 fully saturated rings. The number of nitrogens with two attached hydrogens (primary N) is 1. The molecule has 0 saturated carbocycles. The third-order valence-electron chi connectivity index (χ3n) is 5.79. The third-order valence-corrected chi connectivity index (χ3v) is 6.53. The maximum atomic E-state index is 13.4. The molecule has 4 rings (SSSR count). The number of quaternary nitrogens is 1. The Morgan fingerprint density at radius 1 is 0.964 bits per heavy atom. The summed E-state index contributed by atoms with van der Waals surface area (Å²) in [5.41, 5.74) is 1.58. The van der Waals surface area contributed by atoms with Crippen molar-refractivity contribution in [3.8, 4) is 0 Å². The molecule has 0 aliphatic carbocycles. The molecule has 146 valence electrons. The Balaban J connectivity index is 1.75. The fraction of sp³-hybridized carbons (Fsp3) is 0.364. The highest BCUT2D eigenvalue weighted by molar-refractivity contribution is 6.42. The van der Waals surface area contributed by atoms with Gasteiger partial charge in [0.2, 0.25) is 11.8 Å². The Kier molecular flexibility index (Phi) is 5.21. The molecule has 0 bridgehead atoms. The van der Waals surface area contributed by atoms with E-state index in [2.05, 4.69) is 19.2 Å². The first-order valence-electron chi connectivity index (χ1n) is 9.61. The minimum Gasteiger partial charge on any atom is -0.336 e. The molecule has 2 aliphatic heterocycles. The fourth-order valence-corrected chi connectivity index (χ4v) is 4.99. The molecule has 0 spiro atoms. The van der Waals surface area contributed by atoms with Crippen molar-refractivity contribution in [3.63, 3.8) is 0 Å². The van der Waals surface area contributed by atoms with E-state index in [-0.39, 0.29) is 29.8 Å². The number of fused-ring (bicyclic) bond motifs is 1. The summed E-state index contributed by atoms with van der Waals surface area (Å²) < 4.78 is 0. The van der Waals surface area contributed by atoms with Gasteiger partial charge in [-0.2, -0.15) is 0 Å². The Labute approximate surface area is 174 Å². The second-order valence-electron chi connectivity index (χ2n) is 8.08. The highest BCUT2D eigenvalue weighted by atomic mass is 35.5. The minimum absolute atomic E-state index is 0.0645. The average molecular weight is 418 g/mol. The number of anilines is 1. The van der Waals surface area contributed by atoms with Crippen LogP contribution in [0.3, 0.4) is 0 Å². The van der Waals surface area contributed by atoms with Crippen LogP contribution in [0.25, 0.3) is 0 Å². The van der Waals surface area contributed by atoms with E-state index in [0.717, 1.165) is 12.0 Å². The molecule has 2 N–H and O–H groups in total. The second-order valence-corrected chi connectivity index (χ2v) is 8.90. The van der Waals surface area contributed by atoms with Crippen LogP contribution in [0, 0.1) is 17.8 Å². The molecular formula is C22H23Cl2N2O2+. The predicted octanol–water partition coefficient (Wildman–Crippen LogP) is 3.83. The van der Waals surface area contributed by atoms with E-state index in [1.165, 1.54) is 4.90 Å². The number of hydrogen-bond donors (Lipinski definition) is 1. The van der Waals surface area contributed by atoms with Gasteiger partial charge in [0.05, 0.1) is 21.8 Å². The number of carbonyl (C=O) groups is 2. The summed E-state index contributed by atoms with van der Waals surface area (Å²) in [6.07, 6.45) is 0.876. The van der Waals surface area contributed by atoms with E-state index >= 15 is 0 Å². The molecule has 4 atom stereocenters. The molecule has 2 amide bonds. The summed E-state index contributed by atoms with van der Waals surface area (Å²) in [4.78, 5) is 28.1. The van der Waals surface area contributed by atoms with E-state index in [0.29, 0.717) is 21.7 Å². The van der Waals surface area contributed by atoms with Crippen LogP contribution in [0.4, 0.5) is 5.69 Å². The first-order valence-corrected chi connectivity index (χ1v) is 10.4. The molecule has 6 heteroatoms. The van der Waals surface area contributed by atoms with Crippen molar-refractivity contribution in [1.29, 1.82) is 0 Å². The van der Waals surface area contributed by atoms with E-state index < -0.39 is 5.92 Å². The van der Waals surface area contributed by atoms with Crippen LogP contribution >= 0.6 is 23.2 Å². The van der Waals surface area contributed by atoms with Gasteiger partial charge < -0.3 is 5.32 Å². The van der Waals surface area contributed by atoms with Gasteiger partial charge in [-0.15, -0.1) is 0 Å². The Bertz CT molecular complexity index is 916. The van der Waals surface area contributed by atoms with Crippen LogP contribution in [0.5, 0.6) is 0 Å². The number of carbonyl (C=O) groups excluding carboxylic acids is 2. The summed E-state index contributed by atoms with van der Waals surface area (Å²) in [6, 6.07) is 14.6.